The van der Waals surface area contributed by atoms with Gasteiger partial charge in [-0.05, 0) is 29.2 Å². The minimum atomic E-state index is -1.15. The molecule has 0 radical (unpaired) electrons. The van der Waals surface area contributed by atoms with E-state index in [1.165, 1.54) is 11.0 Å². The minimum Gasteiger partial charge on any atom is -0.480 e. The molecule has 1 saturated carbocycles. The summed E-state index contributed by atoms with van der Waals surface area (Å²) in [6, 6.07) is 0. The highest BCUT2D eigenvalue weighted by Gasteiger charge is 2.43. The summed E-state index contributed by atoms with van der Waals surface area (Å²) in [5.41, 5.74) is -1.15. The van der Waals surface area contributed by atoms with Gasteiger partial charge >= 0.3 is 5.97 Å². The van der Waals surface area contributed by atoms with Gasteiger partial charge in [0.15, 0.2) is 0 Å². The van der Waals surface area contributed by atoms with E-state index in [9.17, 15) is 14.7 Å². The second kappa shape index (κ2) is 5.33. The number of nitrogens with one attached hydrogen (secondary N) is 1. The number of amides is 1. The van der Waals surface area contributed by atoms with E-state index >= 15 is 0 Å². The van der Waals surface area contributed by atoms with Crippen LogP contribution in [0.15, 0.2) is 6.33 Å². The van der Waals surface area contributed by atoms with Gasteiger partial charge in [0.1, 0.15) is 18.4 Å². The molecule has 19 heavy (non-hydrogen) atoms. The molecule has 2 N–H and O–H groups in total. The number of carbonyl (C=O) groups is 2. The average Bonchev–Trinajstić information content (AvgIpc) is 2.81. The quantitative estimate of drug-likeness (QED) is 0.783. The van der Waals surface area contributed by atoms with Gasteiger partial charge in [-0.3, -0.25) is 4.79 Å². The largest absolute Gasteiger partial charge is 0.480 e. The van der Waals surface area contributed by atoms with Crippen molar-refractivity contribution < 1.29 is 14.7 Å². The second-order valence-electron chi connectivity index (χ2n) is 5.14. The summed E-state index contributed by atoms with van der Waals surface area (Å²) >= 11 is 0. The molecule has 1 aliphatic rings. The number of carboxylic acids is 1. The molecule has 2 unspecified atom stereocenters. The van der Waals surface area contributed by atoms with Gasteiger partial charge < -0.3 is 10.4 Å². The third-order valence-electron chi connectivity index (χ3n) is 3.48. The van der Waals surface area contributed by atoms with Crippen LogP contribution in [0.3, 0.4) is 0 Å². The van der Waals surface area contributed by atoms with Crippen molar-refractivity contribution in [3.63, 3.8) is 0 Å². The molecule has 8 nitrogen and oxygen atoms in total. The highest BCUT2D eigenvalue weighted by molar-refractivity contribution is 5.87. The summed E-state index contributed by atoms with van der Waals surface area (Å²) in [6.07, 6.45) is 4.05. The predicted octanol–water partition coefficient (Wildman–Crippen LogP) is -0.177. The van der Waals surface area contributed by atoms with E-state index in [-0.39, 0.29) is 18.4 Å². The highest BCUT2D eigenvalue weighted by atomic mass is 16.4. The monoisotopic (exact) mass is 267 g/mol. The molecule has 1 fully saturated rings. The lowest BCUT2D eigenvalue weighted by Crippen LogP contribution is -2.57. The molecule has 0 spiro atoms. The standard InChI is InChI=1S/C11H17N5O3/c1-8-3-2-4-11(5-8,10(18)19)13-9(17)6-16-7-12-14-15-16/h7-8H,2-6H2,1H3,(H,13,17)(H,18,19). The van der Waals surface area contributed by atoms with Gasteiger partial charge in [0, 0.05) is 0 Å². The van der Waals surface area contributed by atoms with Crippen LogP contribution < -0.4 is 5.32 Å². The van der Waals surface area contributed by atoms with Crippen LogP contribution in [0.2, 0.25) is 0 Å². The van der Waals surface area contributed by atoms with Crippen LogP contribution in [-0.4, -0.2) is 42.7 Å². The van der Waals surface area contributed by atoms with Crippen molar-refractivity contribution in [3.8, 4) is 0 Å². The topological polar surface area (TPSA) is 110 Å². The van der Waals surface area contributed by atoms with E-state index in [4.69, 9.17) is 0 Å². The average molecular weight is 267 g/mol. The number of carboxylic acid groups (broad SMARTS) is 1. The van der Waals surface area contributed by atoms with Gasteiger partial charge in [-0.2, -0.15) is 0 Å². The Bertz CT molecular complexity index is 461. The van der Waals surface area contributed by atoms with E-state index in [0.29, 0.717) is 12.8 Å². The molecule has 0 aliphatic heterocycles. The number of aromatic nitrogens is 4. The van der Waals surface area contributed by atoms with Crippen molar-refractivity contribution in [1.82, 2.24) is 25.5 Å². The zero-order chi connectivity index (χ0) is 13.9. The first kappa shape index (κ1) is 13.4. The number of tetrazole rings is 1. The Morgan fingerprint density at radius 1 is 1.58 bits per heavy atom. The second-order valence-corrected chi connectivity index (χ2v) is 5.14. The molecule has 0 bridgehead atoms. The normalized spacial score (nSPS) is 26.9. The van der Waals surface area contributed by atoms with Gasteiger partial charge in [-0.15, -0.1) is 5.10 Å². The van der Waals surface area contributed by atoms with Gasteiger partial charge in [0.25, 0.3) is 0 Å². The smallest absolute Gasteiger partial charge is 0.329 e. The number of carbonyl (C=O) groups excluding carboxylic acids is 1. The SMILES string of the molecule is CC1CCCC(NC(=O)Cn2cnnn2)(C(=O)O)C1. The first-order valence-corrected chi connectivity index (χ1v) is 6.27. The molecular formula is C11H17N5O3. The lowest BCUT2D eigenvalue weighted by molar-refractivity contribution is -0.150. The summed E-state index contributed by atoms with van der Waals surface area (Å²) in [7, 11) is 0. The summed E-state index contributed by atoms with van der Waals surface area (Å²) in [6.45, 7) is 1.93. The maximum atomic E-state index is 11.9. The number of hydrogen-bond donors (Lipinski definition) is 2. The summed E-state index contributed by atoms with van der Waals surface area (Å²) in [4.78, 5) is 23.4. The Morgan fingerprint density at radius 3 is 2.95 bits per heavy atom. The predicted molar refractivity (Wildman–Crippen MR) is 64.0 cm³/mol. The van der Waals surface area contributed by atoms with Crippen LogP contribution in [0.5, 0.6) is 0 Å². The zero-order valence-corrected chi connectivity index (χ0v) is 10.7. The van der Waals surface area contributed by atoms with Gasteiger partial charge in [0.2, 0.25) is 5.91 Å². The van der Waals surface area contributed by atoms with E-state index in [0.717, 1.165) is 12.8 Å². The Balaban J connectivity index is 2.04. The molecule has 1 aromatic rings. The number of nitrogens with zero attached hydrogens (tertiary/aromatic N) is 4. The van der Waals surface area contributed by atoms with Crippen LogP contribution in [-0.2, 0) is 16.1 Å². The highest BCUT2D eigenvalue weighted by Crippen LogP contribution is 2.32. The van der Waals surface area contributed by atoms with Crippen molar-refractivity contribution >= 4 is 11.9 Å². The van der Waals surface area contributed by atoms with E-state index in [1.54, 1.807) is 0 Å². The van der Waals surface area contributed by atoms with Crippen molar-refractivity contribution in [2.24, 2.45) is 5.92 Å². The van der Waals surface area contributed by atoms with Crippen molar-refractivity contribution in [1.29, 1.82) is 0 Å². The fraction of sp³-hybridized carbons (Fsp3) is 0.727. The summed E-state index contributed by atoms with van der Waals surface area (Å²) in [5.74, 6) is -1.06. The molecule has 8 heteroatoms. The van der Waals surface area contributed by atoms with Crippen LogP contribution in [0.25, 0.3) is 0 Å². The van der Waals surface area contributed by atoms with Crippen LogP contribution in [0, 0.1) is 5.92 Å². The molecular weight excluding hydrogens is 250 g/mol. The fourth-order valence-electron chi connectivity index (χ4n) is 2.62. The lowest BCUT2D eigenvalue weighted by Gasteiger charge is -2.37. The minimum absolute atomic E-state index is 0.0730. The molecule has 1 heterocycles. The maximum Gasteiger partial charge on any atom is 0.329 e. The molecule has 104 valence electrons. The third kappa shape index (κ3) is 3.07. The number of aliphatic carboxylic acids is 1. The maximum absolute atomic E-state index is 11.9. The van der Waals surface area contributed by atoms with Crippen LogP contribution >= 0.6 is 0 Å². The van der Waals surface area contributed by atoms with Crippen molar-refractivity contribution in [2.75, 3.05) is 0 Å². The molecule has 0 saturated heterocycles. The Hall–Kier alpha value is -1.99. The molecule has 1 amide bonds. The van der Waals surface area contributed by atoms with Crippen molar-refractivity contribution in [3.05, 3.63) is 6.33 Å². The fourth-order valence-corrected chi connectivity index (χ4v) is 2.62. The number of rotatable bonds is 4. The third-order valence-corrected chi connectivity index (χ3v) is 3.48. The number of hydrogen-bond acceptors (Lipinski definition) is 5. The van der Waals surface area contributed by atoms with Crippen molar-refractivity contribution in [2.45, 2.75) is 44.7 Å². The molecule has 1 aliphatic carbocycles. The first-order valence-electron chi connectivity index (χ1n) is 6.27. The van der Waals surface area contributed by atoms with E-state index < -0.39 is 11.5 Å². The molecule has 1 aromatic heterocycles. The van der Waals surface area contributed by atoms with E-state index in [2.05, 4.69) is 20.8 Å². The van der Waals surface area contributed by atoms with Gasteiger partial charge in [-0.25, -0.2) is 9.48 Å². The lowest BCUT2D eigenvalue weighted by atomic mass is 9.76. The Morgan fingerprint density at radius 2 is 2.37 bits per heavy atom. The Kier molecular flexibility index (Phi) is 3.77. The summed E-state index contributed by atoms with van der Waals surface area (Å²) in [5, 5.41) is 22.5. The van der Waals surface area contributed by atoms with Crippen LogP contribution in [0.4, 0.5) is 0 Å². The van der Waals surface area contributed by atoms with Crippen LogP contribution in [0.1, 0.15) is 32.6 Å². The Labute approximate surface area is 110 Å². The van der Waals surface area contributed by atoms with Gasteiger partial charge in [-0.1, -0.05) is 19.8 Å². The zero-order valence-electron chi connectivity index (χ0n) is 10.7. The molecule has 0 aromatic carbocycles. The molecule has 2 atom stereocenters. The molecule has 2 rings (SSSR count). The van der Waals surface area contributed by atoms with Gasteiger partial charge in [0.05, 0.1) is 0 Å². The van der Waals surface area contributed by atoms with E-state index in [1.807, 2.05) is 6.92 Å². The summed E-state index contributed by atoms with van der Waals surface area (Å²) < 4.78 is 1.26. The first-order chi connectivity index (χ1) is 9.02.